The number of fused-ring (bicyclic) bond motifs is 1. The van der Waals surface area contributed by atoms with Crippen molar-refractivity contribution in [3.05, 3.63) is 36.7 Å². The first-order valence-electron chi connectivity index (χ1n) is 6.86. The van der Waals surface area contributed by atoms with Crippen LogP contribution in [0.2, 0.25) is 0 Å². The molecule has 2 aromatic heterocycles. The van der Waals surface area contributed by atoms with Crippen molar-refractivity contribution in [2.75, 3.05) is 18.0 Å². The molecule has 0 radical (unpaired) electrons. The number of piperidine rings is 1. The fourth-order valence-electron chi connectivity index (χ4n) is 2.73. The van der Waals surface area contributed by atoms with Crippen molar-refractivity contribution >= 4 is 17.1 Å². The van der Waals surface area contributed by atoms with Gasteiger partial charge in [-0.25, -0.2) is 4.68 Å². The lowest BCUT2D eigenvalue weighted by Crippen LogP contribution is -2.35. The van der Waals surface area contributed by atoms with Gasteiger partial charge < -0.3 is 9.32 Å². The van der Waals surface area contributed by atoms with Crippen LogP contribution >= 0.6 is 0 Å². The minimum absolute atomic E-state index is 0.429. The Morgan fingerprint density at radius 3 is 2.75 bits per heavy atom. The lowest BCUT2D eigenvalue weighted by molar-refractivity contribution is 0.351. The number of para-hydroxylation sites is 2. The molecule has 3 aromatic rings. The van der Waals surface area contributed by atoms with Gasteiger partial charge >= 0.3 is 0 Å². The predicted octanol–water partition coefficient (Wildman–Crippen LogP) is 2.26. The molecule has 0 bridgehead atoms. The van der Waals surface area contributed by atoms with E-state index in [0.717, 1.165) is 43.0 Å². The van der Waals surface area contributed by atoms with E-state index in [-0.39, 0.29) is 0 Å². The Hall–Kier alpha value is -2.37. The van der Waals surface area contributed by atoms with E-state index in [1.54, 1.807) is 6.20 Å². The van der Waals surface area contributed by atoms with Crippen molar-refractivity contribution in [1.82, 2.24) is 20.0 Å². The smallest absolute Gasteiger partial charge is 0.298 e. The highest BCUT2D eigenvalue weighted by atomic mass is 16.4. The van der Waals surface area contributed by atoms with Crippen LogP contribution in [0.25, 0.3) is 11.1 Å². The SMILES string of the molecule is c1ccc2oc(N3CCC(n4ccnn4)CC3)nc2c1. The zero-order valence-corrected chi connectivity index (χ0v) is 11.0. The van der Waals surface area contributed by atoms with Gasteiger partial charge in [-0.05, 0) is 25.0 Å². The lowest BCUT2D eigenvalue weighted by atomic mass is 10.1. The molecule has 4 rings (SSSR count). The summed E-state index contributed by atoms with van der Waals surface area (Å²) in [6.45, 7) is 1.86. The average Bonchev–Trinajstić information content (AvgIpc) is 3.17. The fourth-order valence-corrected chi connectivity index (χ4v) is 2.73. The topological polar surface area (TPSA) is 60.0 Å². The monoisotopic (exact) mass is 269 g/mol. The Labute approximate surface area is 116 Å². The molecule has 3 heterocycles. The number of nitrogens with zero attached hydrogens (tertiary/aromatic N) is 5. The molecule has 6 heteroatoms. The molecule has 6 nitrogen and oxygen atoms in total. The number of rotatable bonds is 2. The van der Waals surface area contributed by atoms with Crippen LogP contribution in [-0.2, 0) is 0 Å². The quantitative estimate of drug-likeness (QED) is 0.714. The van der Waals surface area contributed by atoms with Crippen molar-refractivity contribution in [3.63, 3.8) is 0 Å². The van der Waals surface area contributed by atoms with Crippen LogP contribution in [0.3, 0.4) is 0 Å². The third kappa shape index (κ3) is 1.93. The third-order valence-corrected chi connectivity index (χ3v) is 3.83. The molecular weight excluding hydrogens is 254 g/mol. The summed E-state index contributed by atoms with van der Waals surface area (Å²) in [5, 5.41) is 7.95. The van der Waals surface area contributed by atoms with Gasteiger partial charge in [0.2, 0.25) is 0 Å². The van der Waals surface area contributed by atoms with Gasteiger partial charge in [0.15, 0.2) is 5.58 Å². The number of anilines is 1. The van der Waals surface area contributed by atoms with E-state index in [4.69, 9.17) is 4.42 Å². The maximum absolute atomic E-state index is 5.81. The van der Waals surface area contributed by atoms with Crippen LogP contribution in [0.5, 0.6) is 0 Å². The molecule has 0 unspecified atom stereocenters. The van der Waals surface area contributed by atoms with Gasteiger partial charge in [-0.2, -0.15) is 4.98 Å². The molecule has 1 aromatic carbocycles. The number of hydrogen-bond donors (Lipinski definition) is 0. The first-order valence-corrected chi connectivity index (χ1v) is 6.86. The summed E-state index contributed by atoms with van der Waals surface area (Å²) in [5.41, 5.74) is 1.77. The Morgan fingerprint density at radius 1 is 1.15 bits per heavy atom. The summed E-state index contributed by atoms with van der Waals surface area (Å²) in [6, 6.07) is 9.03. The maximum Gasteiger partial charge on any atom is 0.298 e. The van der Waals surface area contributed by atoms with E-state index in [9.17, 15) is 0 Å². The molecule has 1 aliphatic heterocycles. The van der Waals surface area contributed by atoms with Gasteiger partial charge in [-0.15, -0.1) is 5.10 Å². The van der Waals surface area contributed by atoms with E-state index in [2.05, 4.69) is 20.2 Å². The summed E-state index contributed by atoms with van der Waals surface area (Å²) >= 11 is 0. The second-order valence-electron chi connectivity index (χ2n) is 5.07. The van der Waals surface area contributed by atoms with Crippen LogP contribution in [0, 0.1) is 0 Å². The molecule has 0 saturated carbocycles. The van der Waals surface area contributed by atoms with Crippen LogP contribution in [0.4, 0.5) is 6.01 Å². The number of benzene rings is 1. The lowest BCUT2D eigenvalue weighted by Gasteiger charge is -2.30. The number of oxazole rings is 1. The van der Waals surface area contributed by atoms with E-state index in [0.29, 0.717) is 6.04 Å². The highest BCUT2D eigenvalue weighted by molar-refractivity contribution is 5.74. The van der Waals surface area contributed by atoms with Gasteiger partial charge in [-0.3, -0.25) is 0 Å². The molecule has 0 atom stereocenters. The Balaban J connectivity index is 1.51. The van der Waals surface area contributed by atoms with Crippen LogP contribution < -0.4 is 4.90 Å². The first-order chi connectivity index (χ1) is 9.90. The zero-order valence-electron chi connectivity index (χ0n) is 11.0. The Morgan fingerprint density at radius 2 is 2.00 bits per heavy atom. The van der Waals surface area contributed by atoms with Crippen molar-refractivity contribution in [3.8, 4) is 0 Å². The van der Waals surface area contributed by atoms with Crippen molar-refractivity contribution in [2.45, 2.75) is 18.9 Å². The van der Waals surface area contributed by atoms with Crippen molar-refractivity contribution < 1.29 is 4.42 Å². The molecule has 0 N–H and O–H groups in total. The van der Waals surface area contributed by atoms with Gasteiger partial charge in [0, 0.05) is 19.3 Å². The summed E-state index contributed by atoms with van der Waals surface area (Å²) < 4.78 is 7.76. The van der Waals surface area contributed by atoms with Crippen LogP contribution in [0.15, 0.2) is 41.1 Å². The normalized spacial score (nSPS) is 16.9. The Bertz CT molecular complexity index is 664. The minimum atomic E-state index is 0.429. The predicted molar refractivity (Wildman–Crippen MR) is 74.5 cm³/mol. The van der Waals surface area contributed by atoms with E-state index >= 15 is 0 Å². The highest BCUT2D eigenvalue weighted by Crippen LogP contribution is 2.27. The molecule has 0 aliphatic carbocycles. The second kappa shape index (κ2) is 4.63. The summed E-state index contributed by atoms with van der Waals surface area (Å²) in [7, 11) is 0. The molecule has 20 heavy (non-hydrogen) atoms. The molecular formula is C14H15N5O. The van der Waals surface area contributed by atoms with Crippen LogP contribution in [0.1, 0.15) is 18.9 Å². The van der Waals surface area contributed by atoms with Crippen molar-refractivity contribution in [1.29, 1.82) is 0 Å². The Kier molecular flexibility index (Phi) is 2.65. The minimum Gasteiger partial charge on any atom is -0.423 e. The zero-order chi connectivity index (χ0) is 13.4. The van der Waals surface area contributed by atoms with Gasteiger partial charge in [0.05, 0.1) is 12.2 Å². The van der Waals surface area contributed by atoms with Gasteiger partial charge in [0.1, 0.15) is 5.52 Å². The second-order valence-corrected chi connectivity index (χ2v) is 5.07. The molecule has 1 aliphatic rings. The number of aromatic nitrogens is 4. The molecule has 1 saturated heterocycles. The van der Waals surface area contributed by atoms with E-state index in [1.807, 2.05) is 35.1 Å². The maximum atomic E-state index is 5.81. The van der Waals surface area contributed by atoms with E-state index in [1.165, 1.54) is 0 Å². The average molecular weight is 269 g/mol. The highest BCUT2D eigenvalue weighted by Gasteiger charge is 2.23. The molecule has 102 valence electrons. The first kappa shape index (κ1) is 11.5. The van der Waals surface area contributed by atoms with Gasteiger partial charge in [-0.1, -0.05) is 17.3 Å². The third-order valence-electron chi connectivity index (χ3n) is 3.83. The summed E-state index contributed by atoms with van der Waals surface area (Å²) in [6.07, 6.45) is 5.72. The standard InChI is InChI=1S/C14H15N5O/c1-2-4-13-12(3-1)16-14(20-13)18-8-5-11(6-9-18)19-10-7-15-17-19/h1-4,7,10-11H,5-6,8-9H2. The number of hydrogen-bond acceptors (Lipinski definition) is 5. The summed E-state index contributed by atoms with van der Waals surface area (Å²) in [5.74, 6) is 0. The van der Waals surface area contributed by atoms with Crippen LogP contribution in [-0.4, -0.2) is 33.1 Å². The van der Waals surface area contributed by atoms with E-state index < -0.39 is 0 Å². The fraction of sp³-hybridized carbons (Fsp3) is 0.357. The molecule has 1 fully saturated rings. The summed E-state index contributed by atoms with van der Waals surface area (Å²) in [4.78, 5) is 6.75. The molecule has 0 spiro atoms. The van der Waals surface area contributed by atoms with Crippen molar-refractivity contribution in [2.24, 2.45) is 0 Å². The molecule has 0 amide bonds. The largest absolute Gasteiger partial charge is 0.423 e. The van der Waals surface area contributed by atoms with Gasteiger partial charge in [0.25, 0.3) is 6.01 Å².